The Labute approximate surface area is 233 Å². The van der Waals surface area contributed by atoms with E-state index in [1.165, 1.54) is 23.1 Å². The summed E-state index contributed by atoms with van der Waals surface area (Å²) in [7, 11) is 0. The predicted octanol–water partition coefficient (Wildman–Crippen LogP) is 7.47. The average molecular weight is 551 g/mol. The number of aromatic nitrogens is 1. The number of benzene rings is 4. The van der Waals surface area contributed by atoms with Crippen molar-refractivity contribution in [3.63, 3.8) is 0 Å². The maximum Gasteiger partial charge on any atom is 0.301 e. The van der Waals surface area contributed by atoms with Gasteiger partial charge in [-0.25, -0.2) is 9.37 Å². The number of hydrogen-bond acceptors (Lipinski definition) is 6. The summed E-state index contributed by atoms with van der Waals surface area (Å²) >= 11 is 1.10. The molecule has 2 heterocycles. The van der Waals surface area contributed by atoms with E-state index >= 15 is 0 Å². The van der Waals surface area contributed by atoms with Crippen molar-refractivity contribution < 1.29 is 23.8 Å². The highest BCUT2D eigenvalue weighted by Gasteiger charge is 2.48. The van der Waals surface area contributed by atoms with Crippen molar-refractivity contribution in [2.45, 2.75) is 19.9 Å². The molecule has 1 aliphatic heterocycles. The van der Waals surface area contributed by atoms with Gasteiger partial charge in [-0.3, -0.25) is 14.5 Å². The van der Waals surface area contributed by atoms with Crippen molar-refractivity contribution in [1.29, 1.82) is 0 Å². The molecule has 1 N–H and O–H groups in total. The number of rotatable bonds is 5. The first-order valence-corrected chi connectivity index (χ1v) is 13.4. The van der Waals surface area contributed by atoms with Crippen molar-refractivity contribution >= 4 is 44.1 Å². The average Bonchev–Trinajstić information content (AvgIpc) is 3.48. The minimum Gasteiger partial charge on any atom is -0.507 e. The van der Waals surface area contributed by atoms with Crippen molar-refractivity contribution in [2.24, 2.45) is 0 Å². The van der Waals surface area contributed by atoms with Crippen LogP contribution in [0.4, 0.5) is 9.52 Å². The molecule has 198 valence electrons. The molecular formula is C32H23FN2O4S. The number of anilines is 1. The Morgan fingerprint density at radius 3 is 2.50 bits per heavy atom. The van der Waals surface area contributed by atoms with E-state index in [0.29, 0.717) is 32.8 Å². The molecule has 0 radical (unpaired) electrons. The highest BCUT2D eigenvalue weighted by Crippen LogP contribution is 2.45. The zero-order valence-corrected chi connectivity index (χ0v) is 22.4. The third-order valence-electron chi connectivity index (χ3n) is 6.79. The molecule has 6 nitrogen and oxygen atoms in total. The van der Waals surface area contributed by atoms with Crippen molar-refractivity contribution in [2.75, 3.05) is 4.90 Å². The molecule has 6 rings (SSSR count). The second-order valence-electron chi connectivity index (χ2n) is 9.58. The fraction of sp³-hybridized carbons (Fsp3) is 0.0938. The van der Waals surface area contributed by atoms with E-state index in [4.69, 9.17) is 4.74 Å². The van der Waals surface area contributed by atoms with E-state index in [1.807, 2.05) is 56.3 Å². The molecule has 1 saturated heterocycles. The zero-order valence-electron chi connectivity index (χ0n) is 21.6. The van der Waals surface area contributed by atoms with Crippen LogP contribution in [0.2, 0.25) is 0 Å². The molecular weight excluding hydrogens is 527 g/mol. The van der Waals surface area contributed by atoms with Crippen molar-refractivity contribution in [3.05, 3.63) is 125 Å². The number of hydrogen-bond donors (Lipinski definition) is 1. The number of Topliss-reactive ketones (excluding diaryl/α,β-unsaturated/α-hetero) is 1. The highest BCUT2D eigenvalue weighted by atomic mass is 32.1. The van der Waals surface area contributed by atoms with E-state index in [-0.39, 0.29) is 16.5 Å². The molecule has 0 saturated carbocycles. The van der Waals surface area contributed by atoms with Gasteiger partial charge < -0.3 is 9.84 Å². The smallest absolute Gasteiger partial charge is 0.301 e. The molecule has 1 amide bonds. The van der Waals surface area contributed by atoms with Crippen LogP contribution in [0.1, 0.15) is 28.3 Å². The number of carbonyl (C=O) groups excluding carboxylic acids is 2. The number of fused-ring (bicyclic) bond motifs is 1. The quantitative estimate of drug-likeness (QED) is 0.140. The number of halogens is 1. The molecule has 0 spiro atoms. The molecule has 5 aromatic rings. The first kappa shape index (κ1) is 25.5. The topological polar surface area (TPSA) is 79.7 Å². The number of nitrogens with zero attached hydrogens (tertiary/aromatic N) is 2. The zero-order chi connectivity index (χ0) is 28.0. The van der Waals surface area contributed by atoms with Crippen LogP contribution >= 0.6 is 11.3 Å². The fourth-order valence-corrected chi connectivity index (χ4v) is 5.86. The van der Waals surface area contributed by atoms with Crippen LogP contribution in [0.5, 0.6) is 11.5 Å². The molecule has 0 aliphatic carbocycles. The van der Waals surface area contributed by atoms with Gasteiger partial charge >= 0.3 is 5.91 Å². The second kappa shape index (κ2) is 10.1. The number of amides is 1. The van der Waals surface area contributed by atoms with Gasteiger partial charge in [-0.15, -0.1) is 0 Å². The van der Waals surface area contributed by atoms with Gasteiger partial charge in [0, 0.05) is 5.56 Å². The first-order valence-electron chi connectivity index (χ1n) is 12.6. The Morgan fingerprint density at radius 1 is 0.925 bits per heavy atom. The van der Waals surface area contributed by atoms with Crippen LogP contribution < -0.4 is 9.64 Å². The van der Waals surface area contributed by atoms with Crippen LogP contribution in [0, 0.1) is 19.7 Å². The van der Waals surface area contributed by atoms with Gasteiger partial charge in [-0.2, -0.15) is 0 Å². The lowest BCUT2D eigenvalue weighted by molar-refractivity contribution is -0.132. The summed E-state index contributed by atoms with van der Waals surface area (Å²) < 4.78 is 20.5. The summed E-state index contributed by atoms with van der Waals surface area (Å²) in [6.45, 7) is 3.72. The molecule has 1 aliphatic rings. The van der Waals surface area contributed by atoms with Crippen LogP contribution in [-0.2, 0) is 9.59 Å². The second-order valence-corrected chi connectivity index (χ2v) is 10.6. The van der Waals surface area contributed by atoms with Crippen LogP contribution in [-0.4, -0.2) is 21.8 Å². The summed E-state index contributed by atoms with van der Waals surface area (Å²) in [5.74, 6) is -1.24. The Hall–Kier alpha value is -4.82. The van der Waals surface area contributed by atoms with Gasteiger partial charge in [0.25, 0.3) is 5.78 Å². The molecule has 8 heteroatoms. The van der Waals surface area contributed by atoms with E-state index < -0.39 is 23.5 Å². The van der Waals surface area contributed by atoms with Crippen molar-refractivity contribution in [1.82, 2.24) is 4.98 Å². The highest BCUT2D eigenvalue weighted by molar-refractivity contribution is 7.22. The van der Waals surface area contributed by atoms with E-state index in [1.54, 1.807) is 30.3 Å². The predicted molar refractivity (Wildman–Crippen MR) is 153 cm³/mol. The van der Waals surface area contributed by atoms with Gasteiger partial charge in [0.05, 0.1) is 21.8 Å². The van der Waals surface area contributed by atoms with Crippen molar-refractivity contribution in [3.8, 4) is 11.5 Å². The first-order chi connectivity index (χ1) is 19.3. The SMILES string of the molecule is Cc1ccc(C)c(/C(O)=C2\C(=O)C(=O)N(c3nc4ccc(F)cc4s3)C2c2cccc(Oc3ccccc3)c2)c1. The van der Waals surface area contributed by atoms with Crippen LogP contribution in [0.3, 0.4) is 0 Å². The number of thiazole rings is 1. The number of carbonyl (C=O) groups is 2. The monoisotopic (exact) mass is 550 g/mol. The summed E-state index contributed by atoms with van der Waals surface area (Å²) in [6, 6.07) is 25.0. The Bertz CT molecular complexity index is 1830. The summed E-state index contributed by atoms with van der Waals surface area (Å²) in [4.78, 5) is 33.0. The number of para-hydroxylation sites is 1. The molecule has 1 unspecified atom stereocenters. The van der Waals surface area contributed by atoms with Gasteiger partial charge in [-0.05, 0) is 73.5 Å². The number of ether oxygens (including phenoxy) is 1. The lowest BCUT2D eigenvalue weighted by atomic mass is 9.93. The maximum atomic E-state index is 13.9. The van der Waals surface area contributed by atoms with E-state index in [9.17, 15) is 19.1 Å². The summed E-state index contributed by atoms with van der Waals surface area (Å²) in [5, 5.41) is 11.8. The van der Waals surface area contributed by atoms with Crippen LogP contribution in [0.15, 0.2) is 96.6 Å². The Balaban J connectivity index is 1.55. The Kier molecular flexibility index (Phi) is 6.40. The number of ketones is 1. The van der Waals surface area contributed by atoms with Gasteiger partial charge in [0.2, 0.25) is 0 Å². The molecule has 0 bridgehead atoms. The maximum absolute atomic E-state index is 13.9. The Morgan fingerprint density at radius 2 is 1.70 bits per heavy atom. The van der Waals surface area contributed by atoms with Gasteiger partial charge in [0.15, 0.2) is 5.13 Å². The van der Waals surface area contributed by atoms with Gasteiger partial charge in [-0.1, -0.05) is 59.4 Å². The third-order valence-corrected chi connectivity index (χ3v) is 7.81. The standard InChI is InChI=1S/C32H23FN2O4S/c1-18-11-12-19(2)24(15-18)29(36)27-28(20-7-6-10-23(16-20)39-22-8-4-3-5-9-22)35(31(38)30(27)37)32-34-25-14-13-21(33)17-26(25)40-32/h3-17,28,36H,1-2H3/b29-27+. The lowest BCUT2D eigenvalue weighted by Gasteiger charge is -2.23. The molecule has 4 aromatic carbocycles. The molecule has 1 fully saturated rings. The molecule has 1 aromatic heterocycles. The normalized spacial score (nSPS) is 16.6. The van der Waals surface area contributed by atoms with E-state index in [2.05, 4.69) is 4.98 Å². The number of aryl methyl sites for hydroxylation is 2. The van der Waals surface area contributed by atoms with E-state index in [0.717, 1.165) is 22.5 Å². The molecule has 40 heavy (non-hydrogen) atoms. The number of aliphatic hydroxyl groups excluding tert-OH is 1. The lowest BCUT2D eigenvalue weighted by Crippen LogP contribution is -2.29. The van der Waals surface area contributed by atoms with Crippen LogP contribution in [0.25, 0.3) is 16.0 Å². The minimum atomic E-state index is -0.996. The number of aliphatic hydroxyl groups is 1. The summed E-state index contributed by atoms with van der Waals surface area (Å²) in [5.41, 5.74) is 3.10. The fourth-order valence-electron chi connectivity index (χ4n) is 4.84. The minimum absolute atomic E-state index is 0.0546. The van der Waals surface area contributed by atoms with Gasteiger partial charge in [0.1, 0.15) is 23.1 Å². The molecule has 1 atom stereocenters. The third kappa shape index (κ3) is 4.52. The largest absolute Gasteiger partial charge is 0.507 e. The summed E-state index contributed by atoms with van der Waals surface area (Å²) in [6.07, 6.45) is 0.